The van der Waals surface area contributed by atoms with Crippen LogP contribution in [-0.4, -0.2) is 37.5 Å². The molecule has 0 spiro atoms. The minimum absolute atomic E-state index is 0. The Hall–Kier alpha value is -3.14. The molecule has 5 aromatic carbocycles. The summed E-state index contributed by atoms with van der Waals surface area (Å²) in [5.74, 6) is -1.88. The Morgan fingerprint density at radius 3 is 1.06 bits per heavy atom. The van der Waals surface area contributed by atoms with Crippen LogP contribution in [0, 0.1) is 0 Å². The van der Waals surface area contributed by atoms with Crippen molar-refractivity contribution in [1.82, 2.24) is 0 Å². The molecule has 4 aliphatic rings. The quantitative estimate of drug-likeness (QED) is 0.111. The third-order valence-corrected chi connectivity index (χ3v) is 9.73. The molecule has 4 heterocycles. The van der Waals surface area contributed by atoms with Crippen LogP contribution in [0.4, 0.5) is 0 Å². The molecule has 0 aromatic heterocycles. The summed E-state index contributed by atoms with van der Waals surface area (Å²) in [6, 6.07) is 29.0. The largest absolute Gasteiger partial charge is 1.00 e. The first-order chi connectivity index (χ1) is 21.9. The van der Waals surface area contributed by atoms with Crippen LogP contribution in [0.2, 0.25) is 0 Å². The maximum Gasteiger partial charge on any atom is 1.00 e. The molecule has 9 rings (SSSR count). The predicted molar refractivity (Wildman–Crippen MR) is 160 cm³/mol. The van der Waals surface area contributed by atoms with E-state index < -0.39 is 53.7 Å². The van der Waals surface area contributed by atoms with Gasteiger partial charge in [-0.05, 0) is 11.1 Å². The molecule has 14 heteroatoms. The van der Waals surface area contributed by atoms with Gasteiger partial charge in [0.15, 0.2) is 35.3 Å². The van der Waals surface area contributed by atoms with Crippen molar-refractivity contribution in [2.75, 3.05) is 0 Å². The summed E-state index contributed by atoms with van der Waals surface area (Å²) in [7, 11) is -10.5. The van der Waals surface area contributed by atoms with E-state index in [9.17, 15) is 35.5 Å². The normalized spacial score (nSPS) is 15.8. The van der Waals surface area contributed by atoms with Crippen LogP contribution in [-0.2, 0) is 20.2 Å². The van der Waals surface area contributed by atoms with E-state index in [0.29, 0.717) is 33.4 Å². The van der Waals surface area contributed by atoms with E-state index in [0.717, 1.165) is 0 Å². The molecule has 5 aromatic rings. The van der Waals surface area contributed by atoms with E-state index >= 15 is 0 Å². The summed E-state index contributed by atoms with van der Waals surface area (Å²) >= 11 is 0. The van der Waals surface area contributed by atoms with Gasteiger partial charge < -0.3 is 18.6 Å². The van der Waals surface area contributed by atoms with E-state index in [1.54, 1.807) is 60.7 Å². The summed E-state index contributed by atoms with van der Waals surface area (Å²) in [5, 5.41) is 0. The van der Waals surface area contributed by atoms with Crippen molar-refractivity contribution >= 4 is 31.8 Å². The first-order valence-corrected chi connectivity index (χ1v) is 16.6. The molecule has 230 valence electrons. The number of rotatable bonds is 8. The monoisotopic (exact) mass is 698 g/mol. The first kappa shape index (κ1) is 36.1. The number of hydrogen-bond acceptors (Lipinski definition) is 10. The van der Waals surface area contributed by atoms with Gasteiger partial charge in [0.25, 0.3) is 0 Å². The average molecular weight is 699 g/mol. The van der Waals surface area contributed by atoms with Crippen LogP contribution in [0.5, 0.6) is 11.5 Å². The Morgan fingerprint density at radius 1 is 0.479 bits per heavy atom. The van der Waals surface area contributed by atoms with Crippen molar-refractivity contribution in [1.29, 1.82) is 0 Å². The standard InChI is InChI=1S/C34H22O10S2.2Na/c35-27(19-7-3-1-4-8-19)21-11-15-23(16-12-21)29-25-26-30(24-17-13-22(14-18-24)28(36)20-9-5-2-6-10-20)44-32(33(25)45(37,38)39)31(43-29)34(26)46(40,41)42;;/h1-18,29-30H,(H,37,38,39)(H,40,41,42);;/q;2*+1/p-2. The van der Waals surface area contributed by atoms with E-state index in [1.807, 2.05) is 0 Å². The Bertz CT molecular complexity index is 2110. The summed E-state index contributed by atoms with van der Waals surface area (Å²) in [6.07, 6.45) is -2.63. The van der Waals surface area contributed by atoms with Crippen molar-refractivity contribution in [2.45, 2.75) is 22.0 Å². The summed E-state index contributed by atoms with van der Waals surface area (Å²) in [5.41, 5.74) is 1.44. The number of ketones is 2. The van der Waals surface area contributed by atoms with Gasteiger partial charge in [0.05, 0.1) is 0 Å². The molecular formula is C34H20Na2O10S2. The molecule has 2 atom stereocenters. The topological polar surface area (TPSA) is 167 Å². The third kappa shape index (κ3) is 6.34. The SMILES string of the molecule is O=C(c1ccccc1)c1ccc(C2Oc3c4c(S(=O)(=O)[O-])c2c(c3S(=O)(=O)[O-])C(c2ccc(C(=O)c3ccccc3)cc2)O4)cc1.[Na+].[Na+]. The van der Waals surface area contributed by atoms with Crippen LogP contribution in [0.15, 0.2) is 119 Å². The van der Waals surface area contributed by atoms with E-state index in [4.69, 9.17) is 9.47 Å². The smallest absolute Gasteiger partial charge is 0.744 e. The second-order valence-corrected chi connectivity index (χ2v) is 13.3. The van der Waals surface area contributed by atoms with Crippen LogP contribution in [0.3, 0.4) is 0 Å². The second kappa shape index (κ2) is 13.6. The van der Waals surface area contributed by atoms with Crippen LogP contribution >= 0.6 is 0 Å². The Morgan fingerprint density at radius 2 is 0.771 bits per heavy atom. The maximum absolute atomic E-state index is 12.9. The second-order valence-electron chi connectivity index (χ2n) is 10.7. The number of hydrogen-bond donors (Lipinski definition) is 0. The van der Waals surface area contributed by atoms with Gasteiger partial charge in [0.1, 0.15) is 30.0 Å². The summed E-state index contributed by atoms with van der Waals surface area (Å²) in [4.78, 5) is 24.2. The molecule has 4 aliphatic heterocycles. The number of ether oxygens (including phenoxy) is 2. The maximum atomic E-state index is 12.9. The molecule has 0 N–H and O–H groups in total. The average Bonchev–Trinajstić information content (AvgIpc) is 3.06. The van der Waals surface area contributed by atoms with Gasteiger partial charge in [-0.15, -0.1) is 0 Å². The van der Waals surface area contributed by atoms with Crippen molar-refractivity contribution in [3.63, 3.8) is 0 Å². The fraction of sp³-hybridized carbons (Fsp3) is 0.0588. The minimum atomic E-state index is -5.27. The third-order valence-electron chi connectivity index (χ3n) is 7.92. The number of carbonyl (C=O) groups is 2. The van der Waals surface area contributed by atoms with Crippen molar-refractivity contribution in [2.24, 2.45) is 0 Å². The molecule has 2 unspecified atom stereocenters. The number of fused-ring (bicyclic) bond motifs is 2. The number of benzene rings is 5. The zero-order valence-corrected chi connectivity index (χ0v) is 31.1. The fourth-order valence-electron chi connectivity index (χ4n) is 5.88. The van der Waals surface area contributed by atoms with Gasteiger partial charge in [0, 0.05) is 33.4 Å². The first-order valence-electron chi connectivity index (χ1n) is 13.8. The summed E-state index contributed by atoms with van der Waals surface area (Å²) in [6.45, 7) is 0. The number of carbonyl (C=O) groups excluding carboxylic acids is 2. The molecule has 10 nitrogen and oxygen atoms in total. The molecule has 48 heavy (non-hydrogen) atoms. The van der Waals surface area contributed by atoms with Crippen molar-refractivity contribution < 1.29 is 104 Å². The van der Waals surface area contributed by atoms with Gasteiger partial charge in [-0.3, -0.25) is 9.59 Å². The molecule has 0 saturated heterocycles. The van der Waals surface area contributed by atoms with Gasteiger partial charge in [-0.1, -0.05) is 109 Å². The minimum Gasteiger partial charge on any atom is -0.744 e. The van der Waals surface area contributed by atoms with Crippen molar-refractivity contribution in [3.8, 4) is 11.5 Å². The Kier molecular flexibility index (Phi) is 10.3. The van der Waals surface area contributed by atoms with Gasteiger partial charge in [-0.2, -0.15) is 0 Å². The summed E-state index contributed by atoms with van der Waals surface area (Å²) < 4.78 is 87.2. The van der Waals surface area contributed by atoms with Gasteiger partial charge in [-0.25, -0.2) is 16.8 Å². The van der Waals surface area contributed by atoms with E-state index in [1.165, 1.54) is 48.5 Å². The predicted octanol–water partition coefficient (Wildman–Crippen LogP) is -1.07. The van der Waals surface area contributed by atoms with E-state index in [2.05, 4.69) is 0 Å². The van der Waals surface area contributed by atoms with E-state index in [-0.39, 0.29) is 81.8 Å². The Balaban J connectivity index is 0.00000225. The molecule has 0 amide bonds. The van der Waals surface area contributed by atoms with Crippen LogP contribution in [0.25, 0.3) is 0 Å². The molecule has 0 fully saturated rings. The van der Waals surface area contributed by atoms with Gasteiger partial charge >= 0.3 is 59.1 Å². The molecule has 4 bridgehead atoms. The molecular weight excluding hydrogens is 678 g/mol. The molecule has 0 saturated carbocycles. The molecule has 0 aliphatic carbocycles. The Labute approximate surface area is 320 Å². The molecule has 0 radical (unpaired) electrons. The van der Waals surface area contributed by atoms with Gasteiger partial charge in [0.2, 0.25) is 0 Å². The van der Waals surface area contributed by atoms with Crippen molar-refractivity contribution in [3.05, 3.63) is 154 Å². The zero-order chi connectivity index (χ0) is 32.4. The zero-order valence-electron chi connectivity index (χ0n) is 25.4. The fourth-order valence-corrected chi connectivity index (χ4v) is 7.59. The van der Waals surface area contributed by atoms with Crippen LogP contribution < -0.4 is 68.6 Å². The van der Waals surface area contributed by atoms with Crippen LogP contribution in [0.1, 0.15) is 66.3 Å².